The van der Waals surface area contributed by atoms with Crippen LogP contribution < -0.4 is 10.4 Å². The fourth-order valence-corrected chi connectivity index (χ4v) is 11.8. The summed E-state index contributed by atoms with van der Waals surface area (Å²) < 4.78 is 18.4. The van der Waals surface area contributed by atoms with Gasteiger partial charge in [0.25, 0.3) is 8.32 Å². The number of esters is 1. The van der Waals surface area contributed by atoms with Crippen molar-refractivity contribution in [3.8, 4) is 0 Å². The van der Waals surface area contributed by atoms with Crippen LogP contribution in [0.25, 0.3) is 5.57 Å². The number of likely N-dealkylation sites (N-methyl/N-ethyl adjacent to an activating group) is 1. The molecule has 2 atom stereocenters. The van der Waals surface area contributed by atoms with Crippen LogP contribution in [-0.2, 0) is 25.1 Å². The Bertz CT molecular complexity index is 1550. The molecule has 48 heavy (non-hydrogen) atoms. The minimum atomic E-state index is -2.62. The molecule has 2 aliphatic heterocycles. The molecule has 3 aromatic rings. The largest absolute Gasteiger partial charge is 0.463 e. The van der Waals surface area contributed by atoms with Crippen molar-refractivity contribution in [2.24, 2.45) is 0 Å². The first-order valence-electron chi connectivity index (χ1n) is 17.2. The van der Waals surface area contributed by atoms with Gasteiger partial charge in [-0.05, 0) is 79.7 Å². The van der Waals surface area contributed by atoms with Crippen molar-refractivity contribution in [3.63, 3.8) is 0 Å². The van der Waals surface area contributed by atoms with E-state index < -0.39 is 13.9 Å². The molecule has 3 aromatic carbocycles. The Hall–Kier alpha value is -3.72. The zero-order valence-corrected chi connectivity index (χ0v) is 30.9. The molecule has 2 unspecified atom stereocenters. The molecule has 1 saturated heterocycles. The summed E-state index contributed by atoms with van der Waals surface area (Å²) in [6.45, 7) is 16.1. The van der Waals surface area contributed by atoms with E-state index in [4.69, 9.17) is 13.9 Å². The van der Waals surface area contributed by atoms with Crippen molar-refractivity contribution in [2.45, 2.75) is 84.0 Å². The van der Waals surface area contributed by atoms with E-state index in [0.29, 0.717) is 31.7 Å². The fraction of sp³-hybridized carbons (Fsp3) is 0.450. The van der Waals surface area contributed by atoms with Crippen LogP contribution in [0.2, 0.25) is 5.04 Å². The molecule has 2 heterocycles. The van der Waals surface area contributed by atoms with Crippen molar-refractivity contribution in [1.82, 2.24) is 9.80 Å². The smallest absolute Gasteiger partial charge is 0.410 e. The van der Waals surface area contributed by atoms with E-state index in [1.165, 1.54) is 15.9 Å². The van der Waals surface area contributed by atoms with E-state index in [1.807, 2.05) is 34.7 Å². The molecule has 0 aliphatic carbocycles. The van der Waals surface area contributed by atoms with Crippen molar-refractivity contribution in [1.29, 1.82) is 0 Å². The van der Waals surface area contributed by atoms with Crippen LogP contribution in [0, 0.1) is 0 Å². The lowest BCUT2D eigenvalue weighted by atomic mass is 9.82. The summed E-state index contributed by atoms with van der Waals surface area (Å²) in [6.07, 6.45) is 1.06. The number of amides is 1. The number of ether oxygens (including phenoxy) is 2. The second kappa shape index (κ2) is 14.4. The predicted octanol–water partition coefficient (Wildman–Crippen LogP) is 6.45. The molecule has 0 radical (unpaired) electrons. The number of carbonyl (C=O) groups is 2. The molecule has 1 amide bonds. The third kappa shape index (κ3) is 7.46. The Morgan fingerprint density at radius 3 is 1.94 bits per heavy atom. The Morgan fingerprint density at radius 2 is 1.42 bits per heavy atom. The summed E-state index contributed by atoms with van der Waals surface area (Å²) in [6, 6.07) is 29.8. The van der Waals surface area contributed by atoms with Crippen molar-refractivity contribution >= 4 is 36.3 Å². The zero-order valence-electron chi connectivity index (χ0n) is 29.9. The molecular formula is C40H52N2O5Si. The van der Waals surface area contributed by atoms with Gasteiger partial charge in [-0.3, -0.25) is 4.90 Å². The third-order valence-electron chi connectivity index (χ3n) is 9.57. The Kier molecular flexibility index (Phi) is 10.7. The molecule has 0 saturated carbocycles. The summed E-state index contributed by atoms with van der Waals surface area (Å²) in [5.41, 5.74) is 3.24. The van der Waals surface area contributed by atoms with Gasteiger partial charge < -0.3 is 18.8 Å². The van der Waals surface area contributed by atoms with E-state index in [1.54, 1.807) is 4.90 Å². The maximum Gasteiger partial charge on any atom is 0.410 e. The van der Waals surface area contributed by atoms with E-state index in [2.05, 4.69) is 111 Å². The predicted molar refractivity (Wildman–Crippen MR) is 195 cm³/mol. The molecule has 2 bridgehead atoms. The van der Waals surface area contributed by atoms with Crippen LogP contribution in [-0.4, -0.2) is 81.2 Å². The van der Waals surface area contributed by atoms with Gasteiger partial charge in [0.2, 0.25) is 0 Å². The lowest BCUT2D eigenvalue weighted by molar-refractivity contribution is -0.140. The molecule has 1 fully saturated rings. The van der Waals surface area contributed by atoms with Crippen LogP contribution in [0.3, 0.4) is 0 Å². The van der Waals surface area contributed by atoms with Gasteiger partial charge in [-0.2, -0.15) is 0 Å². The SMILES string of the molecule is CCOC(=O)C1=C(c2ccc(CCO[Si](c3ccccc3)(c3ccccc3)C(C)(C)C)cc2)CC2CN(C(=O)OC(C)(C)C)CC1N2C. The quantitative estimate of drug-likeness (QED) is 0.193. The second-order valence-corrected chi connectivity index (χ2v) is 19.3. The van der Waals surface area contributed by atoms with Gasteiger partial charge >= 0.3 is 12.1 Å². The lowest BCUT2D eigenvalue weighted by Gasteiger charge is -2.49. The van der Waals surface area contributed by atoms with Crippen molar-refractivity contribution in [2.75, 3.05) is 33.4 Å². The van der Waals surface area contributed by atoms with Crippen LogP contribution in [0.1, 0.15) is 66.0 Å². The number of fused-ring (bicyclic) bond motifs is 2. The first-order chi connectivity index (χ1) is 22.7. The first kappa shape index (κ1) is 35.6. The number of hydrogen-bond acceptors (Lipinski definition) is 6. The third-order valence-corrected chi connectivity index (χ3v) is 14.6. The molecule has 0 aromatic heterocycles. The van der Waals surface area contributed by atoms with Gasteiger partial charge in [-0.15, -0.1) is 0 Å². The molecule has 2 aliphatic rings. The topological polar surface area (TPSA) is 68.3 Å². The molecule has 0 N–H and O–H groups in total. The monoisotopic (exact) mass is 668 g/mol. The molecule has 7 nitrogen and oxygen atoms in total. The number of nitrogens with zero attached hydrogens (tertiary/aromatic N) is 2. The van der Waals surface area contributed by atoms with E-state index in [0.717, 1.165) is 17.6 Å². The van der Waals surface area contributed by atoms with Gasteiger partial charge in [-0.1, -0.05) is 106 Å². The molecule has 8 heteroatoms. The summed E-state index contributed by atoms with van der Waals surface area (Å²) in [5.74, 6) is -0.323. The second-order valence-electron chi connectivity index (χ2n) is 15.0. The molecule has 5 rings (SSSR count). The maximum absolute atomic E-state index is 13.5. The highest BCUT2D eigenvalue weighted by atomic mass is 28.4. The normalized spacial score (nSPS) is 18.9. The van der Waals surface area contributed by atoms with Gasteiger partial charge in [0, 0.05) is 25.7 Å². The van der Waals surface area contributed by atoms with Crippen molar-refractivity contribution < 1.29 is 23.5 Å². The summed E-state index contributed by atoms with van der Waals surface area (Å²) in [5, 5.41) is 2.46. The Labute approximate surface area is 288 Å². The number of piperazine rings is 1. The average Bonchev–Trinajstić information content (AvgIpc) is 3.03. The van der Waals surface area contributed by atoms with Crippen LogP contribution in [0.5, 0.6) is 0 Å². The van der Waals surface area contributed by atoms with E-state index >= 15 is 0 Å². The average molecular weight is 669 g/mol. The maximum atomic E-state index is 13.5. The number of carbonyl (C=O) groups excluding carboxylic acids is 2. The Balaban J connectivity index is 1.39. The highest BCUT2D eigenvalue weighted by Gasteiger charge is 2.50. The van der Waals surface area contributed by atoms with Crippen LogP contribution >= 0.6 is 0 Å². The summed E-state index contributed by atoms with van der Waals surface area (Å²) in [4.78, 5) is 30.5. The van der Waals surface area contributed by atoms with Crippen LogP contribution in [0.15, 0.2) is 90.5 Å². The lowest BCUT2D eigenvalue weighted by Crippen LogP contribution is -2.66. The number of rotatable bonds is 9. The van der Waals surface area contributed by atoms with Gasteiger partial charge in [-0.25, -0.2) is 9.59 Å². The first-order valence-corrected chi connectivity index (χ1v) is 19.1. The number of hydrogen-bond donors (Lipinski definition) is 0. The molecular weight excluding hydrogens is 617 g/mol. The molecule has 256 valence electrons. The van der Waals surface area contributed by atoms with Gasteiger partial charge in [0.1, 0.15) is 5.60 Å². The Morgan fingerprint density at radius 1 is 0.833 bits per heavy atom. The minimum absolute atomic E-state index is 0.0592. The highest BCUT2D eigenvalue weighted by Crippen LogP contribution is 2.39. The number of benzene rings is 3. The van der Waals surface area contributed by atoms with Crippen molar-refractivity contribution in [3.05, 3.63) is 102 Å². The van der Waals surface area contributed by atoms with E-state index in [9.17, 15) is 9.59 Å². The summed E-state index contributed by atoms with van der Waals surface area (Å²) in [7, 11) is -0.584. The summed E-state index contributed by atoms with van der Waals surface area (Å²) >= 11 is 0. The molecule has 0 spiro atoms. The van der Waals surface area contributed by atoms with Gasteiger partial charge in [0.15, 0.2) is 0 Å². The van der Waals surface area contributed by atoms with Gasteiger partial charge in [0.05, 0.1) is 18.2 Å². The van der Waals surface area contributed by atoms with E-state index in [-0.39, 0.29) is 35.8 Å². The minimum Gasteiger partial charge on any atom is -0.463 e. The fourth-order valence-electron chi connectivity index (χ4n) is 7.27. The van der Waals surface area contributed by atoms with Crippen LogP contribution in [0.4, 0.5) is 4.79 Å². The zero-order chi connectivity index (χ0) is 34.7. The highest BCUT2D eigenvalue weighted by molar-refractivity contribution is 6.99. The standard InChI is InChI=1S/C40H52N2O5Si/c1-9-45-37(43)36-34(26-31-27-42(28-35(36)41(31)8)38(44)47-39(2,3)4)30-22-20-29(21-23-30)24-25-46-48(40(5,6)7,32-16-12-10-13-17-32)33-18-14-11-15-19-33/h10-23,31,35H,9,24-28H2,1-8H3.